The highest BCUT2D eigenvalue weighted by atomic mass is 16.6. The number of carboxylic acids is 1. The van der Waals surface area contributed by atoms with Crippen LogP contribution in [0.3, 0.4) is 0 Å². The number of aliphatic carboxylic acids is 1. The Hall–Kier alpha value is -2.18. The highest BCUT2D eigenvalue weighted by Gasteiger charge is 2.39. The Bertz CT molecular complexity index is 470. The maximum absolute atomic E-state index is 11.7. The normalized spacial score (nSPS) is 14.3. The zero-order valence-electron chi connectivity index (χ0n) is 11.3. The van der Waals surface area contributed by atoms with Crippen LogP contribution in [0.5, 0.6) is 0 Å². The van der Waals surface area contributed by atoms with Gasteiger partial charge in [-0.15, -0.1) is 0 Å². The molecule has 0 bridgehead atoms. The van der Waals surface area contributed by atoms with E-state index in [1.165, 1.54) is 25.5 Å². The number of amides is 1. The van der Waals surface area contributed by atoms with E-state index in [1.807, 2.05) is 0 Å². The second-order valence-corrected chi connectivity index (χ2v) is 5.15. The molecule has 0 saturated heterocycles. The third kappa shape index (κ3) is 3.90. The molecule has 1 rings (SSSR count). The van der Waals surface area contributed by atoms with Gasteiger partial charge < -0.3 is 15.2 Å². The second-order valence-electron chi connectivity index (χ2n) is 5.15. The van der Waals surface area contributed by atoms with Crippen molar-refractivity contribution in [1.29, 1.82) is 0 Å². The minimum atomic E-state index is -1.70. The van der Waals surface area contributed by atoms with Crippen molar-refractivity contribution in [3.8, 4) is 0 Å². The van der Waals surface area contributed by atoms with E-state index in [-0.39, 0.29) is 5.69 Å². The van der Waals surface area contributed by atoms with E-state index in [0.29, 0.717) is 0 Å². The first kappa shape index (κ1) is 14.9. The molecule has 1 unspecified atom stereocenters. The molecule has 1 atom stereocenters. The summed E-state index contributed by atoms with van der Waals surface area (Å²) in [6.45, 7) is 6.39. The lowest BCUT2D eigenvalue weighted by Gasteiger charge is -2.27. The summed E-state index contributed by atoms with van der Waals surface area (Å²) in [6, 6.07) is 0. The Kier molecular flexibility index (Phi) is 4.08. The highest BCUT2D eigenvalue weighted by Crippen LogP contribution is 2.19. The Labute approximate surface area is 111 Å². The molecule has 2 N–H and O–H groups in total. The molecule has 19 heavy (non-hydrogen) atoms. The minimum Gasteiger partial charge on any atom is -0.479 e. The number of carbonyl (C=O) groups is 2. The van der Waals surface area contributed by atoms with Gasteiger partial charge in [-0.2, -0.15) is 0 Å². The molecule has 1 aromatic rings. The van der Waals surface area contributed by atoms with Crippen molar-refractivity contribution in [3.05, 3.63) is 24.3 Å². The molecule has 7 nitrogen and oxygen atoms in total. The Morgan fingerprint density at radius 1 is 1.26 bits per heavy atom. The van der Waals surface area contributed by atoms with E-state index in [1.54, 1.807) is 20.8 Å². The first-order valence-electron chi connectivity index (χ1n) is 5.66. The van der Waals surface area contributed by atoms with E-state index < -0.39 is 23.2 Å². The number of carbonyl (C=O) groups excluding carboxylic acids is 1. The largest absolute Gasteiger partial charge is 0.479 e. The van der Waals surface area contributed by atoms with Gasteiger partial charge in [-0.05, 0) is 27.7 Å². The zero-order chi connectivity index (χ0) is 14.7. The van der Waals surface area contributed by atoms with Gasteiger partial charge in [0.2, 0.25) is 0 Å². The summed E-state index contributed by atoms with van der Waals surface area (Å²) >= 11 is 0. The molecule has 0 spiro atoms. The average molecular weight is 267 g/mol. The summed E-state index contributed by atoms with van der Waals surface area (Å²) in [5, 5.41) is 11.6. The lowest BCUT2D eigenvalue weighted by Crippen LogP contribution is -2.51. The molecule has 0 aliphatic heterocycles. The number of alkyl carbamates (subject to hydrolysis) is 1. The zero-order valence-corrected chi connectivity index (χ0v) is 11.3. The number of aromatic nitrogens is 2. The van der Waals surface area contributed by atoms with Crippen LogP contribution in [0.25, 0.3) is 0 Å². The van der Waals surface area contributed by atoms with Crippen molar-refractivity contribution in [2.45, 2.75) is 38.8 Å². The molecule has 0 saturated carbocycles. The maximum Gasteiger partial charge on any atom is 0.408 e. The number of hydrogen-bond acceptors (Lipinski definition) is 5. The predicted molar refractivity (Wildman–Crippen MR) is 66.4 cm³/mol. The van der Waals surface area contributed by atoms with E-state index in [2.05, 4.69) is 15.3 Å². The van der Waals surface area contributed by atoms with E-state index in [9.17, 15) is 14.7 Å². The van der Waals surface area contributed by atoms with Crippen molar-refractivity contribution in [3.63, 3.8) is 0 Å². The molecule has 0 aromatic carbocycles. The van der Waals surface area contributed by atoms with Gasteiger partial charge in [-0.1, -0.05) is 0 Å². The molecule has 0 radical (unpaired) electrons. The molecule has 1 amide bonds. The standard InChI is InChI=1S/C12H17N3O4/c1-11(2,3)19-10(18)15-12(4,9(16)17)8-7-13-5-6-14-8/h5-7H,1-4H3,(H,15,18)(H,16,17). The van der Waals surface area contributed by atoms with E-state index in [0.717, 1.165) is 0 Å². The average Bonchev–Trinajstić information content (AvgIpc) is 2.27. The van der Waals surface area contributed by atoms with Crippen molar-refractivity contribution < 1.29 is 19.4 Å². The summed E-state index contributed by atoms with van der Waals surface area (Å²) in [5.41, 5.74) is -2.30. The van der Waals surface area contributed by atoms with Gasteiger partial charge in [0.25, 0.3) is 0 Å². The molecular formula is C12H17N3O4. The molecule has 104 valence electrons. The number of hydrogen-bond donors (Lipinski definition) is 2. The number of nitrogens with one attached hydrogen (secondary N) is 1. The monoisotopic (exact) mass is 267 g/mol. The van der Waals surface area contributed by atoms with Gasteiger partial charge in [0.05, 0.1) is 11.9 Å². The van der Waals surface area contributed by atoms with Gasteiger partial charge >= 0.3 is 12.1 Å². The van der Waals surface area contributed by atoms with Crippen molar-refractivity contribution in [2.24, 2.45) is 0 Å². The molecule has 0 fully saturated rings. The molecule has 0 aliphatic carbocycles. The molecular weight excluding hydrogens is 250 g/mol. The number of nitrogens with zero attached hydrogens (tertiary/aromatic N) is 2. The first-order chi connectivity index (χ1) is 8.65. The Balaban J connectivity index is 2.97. The van der Waals surface area contributed by atoms with Crippen LogP contribution in [0.15, 0.2) is 18.6 Å². The van der Waals surface area contributed by atoms with Crippen LogP contribution >= 0.6 is 0 Å². The smallest absolute Gasteiger partial charge is 0.408 e. The first-order valence-corrected chi connectivity index (χ1v) is 5.66. The lowest BCUT2D eigenvalue weighted by molar-refractivity contribution is -0.144. The summed E-state index contributed by atoms with van der Waals surface area (Å²) < 4.78 is 5.04. The fraction of sp³-hybridized carbons (Fsp3) is 0.500. The lowest BCUT2D eigenvalue weighted by atomic mass is 9.99. The van der Waals surface area contributed by atoms with Crippen LogP contribution in [0.1, 0.15) is 33.4 Å². The van der Waals surface area contributed by atoms with Gasteiger partial charge in [0.1, 0.15) is 5.60 Å². The van der Waals surface area contributed by atoms with Crippen LogP contribution < -0.4 is 5.32 Å². The summed E-state index contributed by atoms with van der Waals surface area (Å²) in [7, 11) is 0. The quantitative estimate of drug-likeness (QED) is 0.856. The number of carboxylic acid groups (broad SMARTS) is 1. The molecule has 1 heterocycles. The van der Waals surface area contributed by atoms with Crippen molar-refractivity contribution >= 4 is 12.1 Å². The number of rotatable bonds is 3. The highest BCUT2D eigenvalue weighted by molar-refractivity contribution is 5.84. The van der Waals surface area contributed by atoms with Crippen LogP contribution in [0.4, 0.5) is 4.79 Å². The van der Waals surface area contributed by atoms with Gasteiger partial charge in [-0.25, -0.2) is 9.59 Å². The van der Waals surface area contributed by atoms with E-state index in [4.69, 9.17) is 4.74 Å². The third-order valence-electron chi connectivity index (χ3n) is 2.25. The van der Waals surface area contributed by atoms with Gasteiger partial charge in [0.15, 0.2) is 5.54 Å². The molecule has 1 aromatic heterocycles. The van der Waals surface area contributed by atoms with Crippen LogP contribution in [0.2, 0.25) is 0 Å². The summed E-state index contributed by atoms with van der Waals surface area (Å²) in [6.07, 6.45) is 3.22. The minimum absolute atomic E-state index is 0.119. The van der Waals surface area contributed by atoms with Gasteiger partial charge in [0, 0.05) is 12.4 Å². The fourth-order valence-corrected chi connectivity index (χ4v) is 1.29. The Morgan fingerprint density at radius 2 is 1.89 bits per heavy atom. The SMILES string of the molecule is CC(C)(C)OC(=O)NC(C)(C(=O)O)c1cnccn1. The predicted octanol–water partition coefficient (Wildman–Crippen LogP) is 1.30. The van der Waals surface area contributed by atoms with Crippen molar-refractivity contribution in [1.82, 2.24) is 15.3 Å². The maximum atomic E-state index is 11.7. The number of ether oxygens (including phenoxy) is 1. The van der Waals surface area contributed by atoms with Crippen LogP contribution in [-0.4, -0.2) is 32.7 Å². The molecule has 0 aliphatic rings. The molecule has 7 heteroatoms. The van der Waals surface area contributed by atoms with Crippen LogP contribution in [0, 0.1) is 0 Å². The third-order valence-corrected chi connectivity index (χ3v) is 2.25. The van der Waals surface area contributed by atoms with Crippen LogP contribution in [-0.2, 0) is 15.1 Å². The Morgan fingerprint density at radius 3 is 2.32 bits per heavy atom. The summed E-state index contributed by atoms with van der Waals surface area (Å²) in [4.78, 5) is 30.8. The summed E-state index contributed by atoms with van der Waals surface area (Å²) in [5.74, 6) is -1.25. The van der Waals surface area contributed by atoms with Crippen molar-refractivity contribution in [2.75, 3.05) is 0 Å². The topological polar surface area (TPSA) is 101 Å². The van der Waals surface area contributed by atoms with Gasteiger partial charge in [-0.3, -0.25) is 9.97 Å². The fourth-order valence-electron chi connectivity index (χ4n) is 1.29. The second kappa shape index (κ2) is 5.21. The van der Waals surface area contributed by atoms with E-state index >= 15 is 0 Å².